The molecule has 0 aliphatic carbocycles. The van der Waals surface area contributed by atoms with Crippen molar-refractivity contribution in [2.24, 2.45) is 0 Å². The largest absolute Gasteiger partial charge is 0.462 e. The number of ether oxygens (including phenoxy) is 1. The highest BCUT2D eigenvalue weighted by molar-refractivity contribution is 8.19. The van der Waals surface area contributed by atoms with Gasteiger partial charge in [-0.1, -0.05) is 18.2 Å². The Kier molecular flexibility index (Phi) is 6.67. The summed E-state index contributed by atoms with van der Waals surface area (Å²) in [4.78, 5) is 24.8. The van der Waals surface area contributed by atoms with E-state index >= 15 is 0 Å². The smallest absolute Gasteiger partial charge is 0.341 e. The number of hydrogen-bond donors (Lipinski definition) is 1. The van der Waals surface area contributed by atoms with Gasteiger partial charge in [0.2, 0.25) is 0 Å². The fourth-order valence-corrected chi connectivity index (χ4v) is 6.20. The summed E-state index contributed by atoms with van der Waals surface area (Å²) in [5.41, 5.74) is 4.37. The Morgan fingerprint density at radius 2 is 1.90 bits per heavy atom. The maximum Gasteiger partial charge on any atom is 0.341 e. The molecule has 4 rings (SSSR count). The lowest BCUT2D eigenvalue weighted by molar-refractivity contribution is 0.0525. The van der Waals surface area contributed by atoms with E-state index in [9.17, 15) is 9.59 Å². The summed E-state index contributed by atoms with van der Waals surface area (Å²) in [7, 11) is 0. The molecule has 31 heavy (non-hydrogen) atoms. The molecule has 160 valence electrons. The maximum atomic E-state index is 12.7. The van der Waals surface area contributed by atoms with E-state index < -0.39 is 5.97 Å². The Balaban J connectivity index is 1.49. The minimum atomic E-state index is -0.395. The number of anilines is 1. The molecule has 0 bridgehead atoms. The van der Waals surface area contributed by atoms with Crippen LogP contribution in [0, 0.1) is 6.92 Å². The van der Waals surface area contributed by atoms with Gasteiger partial charge in [-0.3, -0.25) is 4.79 Å². The van der Waals surface area contributed by atoms with E-state index in [4.69, 9.17) is 4.74 Å². The predicted molar refractivity (Wildman–Crippen MR) is 126 cm³/mol. The topological polar surface area (TPSA) is 73.2 Å². The molecule has 1 aromatic heterocycles. The van der Waals surface area contributed by atoms with E-state index in [0.717, 1.165) is 5.69 Å². The van der Waals surface area contributed by atoms with Crippen LogP contribution >= 0.6 is 23.5 Å². The average Bonchev–Trinajstić information content (AvgIpc) is 3.44. The molecule has 0 saturated carbocycles. The molecule has 1 amide bonds. The molecule has 3 aromatic rings. The standard InChI is InChI=1S/C23H23N3O3S2/c1-3-29-22(28)20-14-24-26(15(20)2)19-6-4-5-18(13-19)25-21(27)16-7-9-17(10-8-16)23-30-11-12-31-23/h4-10,13-14,23H,3,11-12H2,1-2H3,(H,25,27). The van der Waals surface area contributed by atoms with Crippen LogP contribution < -0.4 is 5.32 Å². The molecule has 6 nitrogen and oxygen atoms in total. The first-order valence-electron chi connectivity index (χ1n) is 10.0. The predicted octanol–water partition coefficient (Wildman–Crippen LogP) is 5.09. The lowest BCUT2D eigenvalue weighted by Gasteiger charge is -2.11. The number of thioether (sulfide) groups is 2. The molecule has 1 aliphatic heterocycles. The van der Waals surface area contributed by atoms with Crippen LogP contribution in [-0.2, 0) is 4.74 Å². The number of rotatable bonds is 6. The number of esters is 1. The summed E-state index contributed by atoms with van der Waals surface area (Å²) in [5, 5.41) is 7.26. The minimum Gasteiger partial charge on any atom is -0.462 e. The van der Waals surface area contributed by atoms with Crippen LogP contribution in [0.25, 0.3) is 5.69 Å². The first-order chi connectivity index (χ1) is 15.1. The monoisotopic (exact) mass is 453 g/mol. The maximum absolute atomic E-state index is 12.7. The van der Waals surface area contributed by atoms with Crippen LogP contribution in [0.1, 0.15) is 43.5 Å². The van der Waals surface area contributed by atoms with Crippen molar-refractivity contribution in [2.75, 3.05) is 23.4 Å². The van der Waals surface area contributed by atoms with Crippen LogP contribution in [0.3, 0.4) is 0 Å². The molecule has 8 heteroatoms. The van der Waals surface area contributed by atoms with Gasteiger partial charge in [0.05, 0.1) is 28.8 Å². The van der Waals surface area contributed by atoms with Gasteiger partial charge in [-0.25, -0.2) is 9.48 Å². The fraction of sp³-hybridized carbons (Fsp3) is 0.261. The van der Waals surface area contributed by atoms with Crippen molar-refractivity contribution in [3.63, 3.8) is 0 Å². The molecule has 0 atom stereocenters. The quantitative estimate of drug-likeness (QED) is 0.524. The van der Waals surface area contributed by atoms with Crippen LogP contribution in [0.4, 0.5) is 5.69 Å². The van der Waals surface area contributed by atoms with Gasteiger partial charge in [-0.05, 0) is 49.7 Å². The summed E-state index contributed by atoms with van der Waals surface area (Å²) >= 11 is 3.89. The highest BCUT2D eigenvalue weighted by Gasteiger charge is 2.19. The lowest BCUT2D eigenvalue weighted by atomic mass is 10.1. The van der Waals surface area contributed by atoms with Gasteiger partial charge in [-0.15, -0.1) is 23.5 Å². The second-order valence-corrected chi connectivity index (χ2v) is 9.70. The Morgan fingerprint density at radius 1 is 1.16 bits per heavy atom. The zero-order valence-corrected chi connectivity index (χ0v) is 19.0. The van der Waals surface area contributed by atoms with Crippen molar-refractivity contribution < 1.29 is 14.3 Å². The minimum absolute atomic E-state index is 0.167. The molecule has 0 radical (unpaired) electrons. The number of amides is 1. The third-order valence-electron chi connectivity index (χ3n) is 4.92. The molecule has 2 heterocycles. The van der Waals surface area contributed by atoms with Crippen LogP contribution in [0.5, 0.6) is 0 Å². The van der Waals surface area contributed by atoms with Crippen LogP contribution in [0.15, 0.2) is 54.7 Å². The Bertz CT molecular complexity index is 1090. The number of nitrogens with one attached hydrogen (secondary N) is 1. The first-order valence-corrected chi connectivity index (χ1v) is 12.1. The molecule has 1 N–H and O–H groups in total. The normalized spacial score (nSPS) is 13.9. The third kappa shape index (κ3) is 4.80. The molecule has 1 aliphatic rings. The lowest BCUT2D eigenvalue weighted by Crippen LogP contribution is -2.12. The van der Waals surface area contributed by atoms with Crippen LogP contribution in [0.2, 0.25) is 0 Å². The Labute approximate surface area is 189 Å². The van der Waals surface area contributed by atoms with Crippen molar-refractivity contribution in [1.29, 1.82) is 0 Å². The van der Waals surface area contributed by atoms with Crippen molar-refractivity contribution in [3.8, 4) is 5.69 Å². The van der Waals surface area contributed by atoms with E-state index in [2.05, 4.69) is 10.4 Å². The zero-order chi connectivity index (χ0) is 21.8. The molecular formula is C23H23N3O3S2. The van der Waals surface area contributed by atoms with E-state index in [1.54, 1.807) is 11.6 Å². The van der Waals surface area contributed by atoms with Crippen molar-refractivity contribution >= 4 is 41.1 Å². The highest BCUT2D eigenvalue weighted by atomic mass is 32.2. The van der Waals surface area contributed by atoms with Gasteiger partial charge in [0.25, 0.3) is 5.91 Å². The molecular weight excluding hydrogens is 430 g/mol. The number of benzene rings is 2. The summed E-state index contributed by atoms with van der Waals surface area (Å²) < 4.78 is 7.20. The van der Waals surface area contributed by atoms with Crippen LogP contribution in [-0.4, -0.2) is 39.8 Å². The number of aromatic nitrogens is 2. The summed E-state index contributed by atoms with van der Waals surface area (Å²) in [6.45, 7) is 3.89. The molecule has 0 unspecified atom stereocenters. The second kappa shape index (κ2) is 9.62. The van der Waals surface area contributed by atoms with Gasteiger partial charge in [-0.2, -0.15) is 5.10 Å². The van der Waals surface area contributed by atoms with E-state index in [1.807, 2.05) is 79.0 Å². The Hall–Kier alpha value is -2.71. The number of hydrogen-bond acceptors (Lipinski definition) is 6. The van der Waals surface area contributed by atoms with Gasteiger partial charge < -0.3 is 10.1 Å². The average molecular weight is 454 g/mol. The molecule has 1 saturated heterocycles. The number of carbonyl (C=O) groups is 2. The highest BCUT2D eigenvalue weighted by Crippen LogP contribution is 2.45. The van der Waals surface area contributed by atoms with E-state index in [0.29, 0.717) is 33.7 Å². The molecule has 1 fully saturated rings. The van der Waals surface area contributed by atoms with Crippen molar-refractivity contribution in [3.05, 3.63) is 77.1 Å². The summed E-state index contributed by atoms with van der Waals surface area (Å²) in [6.07, 6.45) is 1.50. The van der Waals surface area contributed by atoms with Gasteiger partial charge in [0.1, 0.15) is 5.56 Å². The number of carbonyl (C=O) groups excluding carboxylic acids is 2. The van der Waals surface area contributed by atoms with Crippen molar-refractivity contribution in [2.45, 2.75) is 18.4 Å². The zero-order valence-electron chi connectivity index (χ0n) is 17.3. The van der Waals surface area contributed by atoms with Crippen molar-refractivity contribution in [1.82, 2.24) is 9.78 Å². The van der Waals surface area contributed by atoms with Gasteiger partial charge in [0.15, 0.2) is 0 Å². The molecule has 0 spiro atoms. The van der Waals surface area contributed by atoms with Gasteiger partial charge >= 0.3 is 5.97 Å². The van der Waals surface area contributed by atoms with E-state index in [-0.39, 0.29) is 5.91 Å². The Morgan fingerprint density at radius 3 is 2.61 bits per heavy atom. The SMILES string of the molecule is CCOC(=O)c1cnn(-c2cccc(NC(=O)c3ccc(C4SCCS4)cc3)c2)c1C. The first kappa shape index (κ1) is 21.5. The van der Waals surface area contributed by atoms with E-state index in [1.165, 1.54) is 23.3 Å². The fourth-order valence-electron chi connectivity index (χ4n) is 3.34. The third-order valence-corrected chi connectivity index (χ3v) is 8.02. The second-order valence-electron chi connectivity index (χ2n) is 6.98. The summed E-state index contributed by atoms with van der Waals surface area (Å²) in [6, 6.07) is 15.2. The summed E-state index contributed by atoms with van der Waals surface area (Å²) in [5.74, 6) is 1.78. The van der Waals surface area contributed by atoms with Gasteiger partial charge in [0, 0.05) is 22.8 Å². The number of nitrogens with zero attached hydrogens (tertiary/aromatic N) is 2. The molecule has 2 aromatic carbocycles.